The fourth-order valence-corrected chi connectivity index (χ4v) is 2.72. The molecule has 0 aliphatic heterocycles. The van der Waals surface area contributed by atoms with E-state index < -0.39 is 0 Å². The third-order valence-corrected chi connectivity index (χ3v) is 4.03. The van der Waals surface area contributed by atoms with Crippen LogP contribution in [0, 0.1) is 13.8 Å². The van der Waals surface area contributed by atoms with Gasteiger partial charge in [0.1, 0.15) is 0 Å². The lowest BCUT2D eigenvalue weighted by molar-refractivity contribution is 0.708. The van der Waals surface area contributed by atoms with Crippen LogP contribution in [0.2, 0.25) is 0 Å². The minimum absolute atomic E-state index is 0.791. The van der Waals surface area contributed by atoms with E-state index in [9.17, 15) is 0 Å². The molecule has 0 atom stereocenters. The molecule has 2 rings (SSSR count). The second-order valence-electron chi connectivity index (χ2n) is 4.78. The molecule has 2 aromatic rings. The first-order valence-corrected chi connectivity index (χ1v) is 7.72. The summed E-state index contributed by atoms with van der Waals surface area (Å²) in [6.07, 6.45) is 0.974. The molecule has 3 nitrogen and oxygen atoms in total. The van der Waals surface area contributed by atoms with Gasteiger partial charge in [0, 0.05) is 21.4 Å². The summed E-state index contributed by atoms with van der Waals surface area (Å²) >= 11 is 3.56. The van der Waals surface area contributed by atoms with E-state index in [2.05, 4.69) is 52.0 Å². The number of nitrogens with one attached hydrogen (secondary N) is 1. The van der Waals surface area contributed by atoms with E-state index >= 15 is 0 Å². The first-order chi connectivity index (χ1) is 9.63. The van der Waals surface area contributed by atoms with Gasteiger partial charge in [0.15, 0.2) is 5.82 Å². The predicted octanol–water partition coefficient (Wildman–Crippen LogP) is 3.67. The van der Waals surface area contributed by atoms with Crippen molar-refractivity contribution >= 4 is 15.9 Å². The summed E-state index contributed by atoms with van der Waals surface area (Å²) < 4.78 is 1.03. The lowest BCUT2D eigenvalue weighted by atomic mass is 10.1. The lowest BCUT2D eigenvalue weighted by Crippen LogP contribution is -2.17. The summed E-state index contributed by atoms with van der Waals surface area (Å²) in [5.74, 6) is 0.791. The standard InChI is InChI=1S/C16H20BrN3/c1-4-18-10-9-13-11(2)19-16(20-12(13)3)14-7-5-6-8-15(14)17/h5-8,18H,4,9-10H2,1-3H3. The van der Waals surface area contributed by atoms with Crippen molar-refractivity contribution in [2.45, 2.75) is 27.2 Å². The highest BCUT2D eigenvalue weighted by Gasteiger charge is 2.11. The maximum Gasteiger partial charge on any atom is 0.160 e. The van der Waals surface area contributed by atoms with Crippen LogP contribution in [0.25, 0.3) is 11.4 Å². The second-order valence-corrected chi connectivity index (χ2v) is 5.63. The summed E-state index contributed by atoms with van der Waals surface area (Å²) in [5, 5.41) is 3.34. The quantitative estimate of drug-likeness (QED) is 0.848. The third-order valence-electron chi connectivity index (χ3n) is 3.34. The van der Waals surface area contributed by atoms with Crippen LogP contribution in [0.3, 0.4) is 0 Å². The Balaban J connectivity index is 2.33. The SMILES string of the molecule is CCNCCc1c(C)nc(-c2ccccc2Br)nc1C. The molecule has 0 bridgehead atoms. The van der Waals surface area contributed by atoms with E-state index in [4.69, 9.17) is 0 Å². The van der Waals surface area contributed by atoms with Gasteiger partial charge < -0.3 is 5.32 Å². The molecule has 0 saturated heterocycles. The van der Waals surface area contributed by atoms with E-state index in [1.54, 1.807) is 0 Å². The van der Waals surface area contributed by atoms with Gasteiger partial charge in [0.2, 0.25) is 0 Å². The van der Waals surface area contributed by atoms with Crippen molar-refractivity contribution in [3.8, 4) is 11.4 Å². The third kappa shape index (κ3) is 3.44. The molecule has 0 spiro atoms. The van der Waals surface area contributed by atoms with Gasteiger partial charge in [-0.1, -0.05) is 41.1 Å². The maximum atomic E-state index is 4.67. The highest BCUT2D eigenvalue weighted by molar-refractivity contribution is 9.10. The molecule has 0 unspecified atom stereocenters. The molecule has 106 valence electrons. The number of benzene rings is 1. The first kappa shape index (κ1) is 15.1. The number of nitrogens with zero attached hydrogens (tertiary/aromatic N) is 2. The minimum atomic E-state index is 0.791. The first-order valence-electron chi connectivity index (χ1n) is 6.93. The monoisotopic (exact) mass is 333 g/mol. The molecular weight excluding hydrogens is 314 g/mol. The summed E-state index contributed by atoms with van der Waals surface area (Å²) in [6.45, 7) is 8.21. The molecule has 4 heteroatoms. The average Bonchev–Trinajstić information content (AvgIpc) is 2.42. The van der Waals surface area contributed by atoms with Crippen LogP contribution < -0.4 is 5.32 Å². The van der Waals surface area contributed by atoms with Crippen molar-refractivity contribution < 1.29 is 0 Å². The fourth-order valence-electron chi connectivity index (χ4n) is 2.25. The zero-order valence-electron chi connectivity index (χ0n) is 12.2. The number of aryl methyl sites for hydroxylation is 2. The molecule has 1 N–H and O–H groups in total. The van der Waals surface area contributed by atoms with E-state index in [0.717, 1.165) is 46.8 Å². The van der Waals surface area contributed by atoms with Gasteiger partial charge in [-0.2, -0.15) is 0 Å². The summed E-state index contributed by atoms with van der Waals surface area (Å²) in [7, 11) is 0. The van der Waals surface area contributed by atoms with Crippen molar-refractivity contribution in [2.24, 2.45) is 0 Å². The molecule has 1 heterocycles. The number of rotatable bonds is 5. The van der Waals surface area contributed by atoms with Crippen LogP contribution in [0.4, 0.5) is 0 Å². The van der Waals surface area contributed by atoms with Crippen LogP contribution in [-0.4, -0.2) is 23.1 Å². The molecule has 0 radical (unpaired) electrons. The molecule has 0 saturated carbocycles. The number of likely N-dealkylation sites (N-methyl/N-ethyl adjacent to an activating group) is 1. The Labute approximate surface area is 129 Å². The topological polar surface area (TPSA) is 37.8 Å². The lowest BCUT2D eigenvalue weighted by Gasteiger charge is -2.12. The molecule has 0 aliphatic rings. The normalized spacial score (nSPS) is 10.8. The van der Waals surface area contributed by atoms with Gasteiger partial charge in [-0.3, -0.25) is 0 Å². The molecular formula is C16H20BrN3. The Kier molecular flexibility index (Phi) is 5.26. The van der Waals surface area contributed by atoms with Crippen LogP contribution >= 0.6 is 15.9 Å². The highest BCUT2D eigenvalue weighted by Crippen LogP contribution is 2.26. The maximum absolute atomic E-state index is 4.67. The number of hydrogen-bond acceptors (Lipinski definition) is 3. The Hall–Kier alpha value is -1.26. The van der Waals surface area contributed by atoms with Gasteiger partial charge in [-0.15, -0.1) is 0 Å². The van der Waals surface area contributed by atoms with Gasteiger partial charge in [0.05, 0.1) is 0 Å². The van der Waals surface area contributed by atoms with Crippen molar-refractivity contribution in [3.63, 3.8) is 0 Å². The Bertz CT molecular complexity index is 573. The Morgan fingerprint density at radius 1 is 1.10 bits per heavy atom. The van der Waals surface area contributed by atoms with Crippen LogP contribution in [0.15, 0.2) is 28.7 Å². The highest BCUT2D eigenvalue weighted by atomic mass is 79.9. The second kappa shape index (κ2) is 6.95. The zero-order chi connectivity index (χ0) is 14.5. The molecule has 1 aromatic heterocycles. The van der Waals surface area contributed by atoms with Gasteiger partial charge in [0.25, 0.3) is 0 Å². The van der Waals surface area contributed by atoms with Crippen molar-refractivity contribution in [1.29, 1.82) is 0 Å². The summed E-state index contributed by atoms with van der Waals surface area (Å²) in [4.78, 5) is 9.35. The number of halogens is 1. The van der Waals surface area contributed by atoms with E-state index in [0.29, 0.717) is 0 Å². The number of aromatic nitrogens is 2. The number of hydrogen-bond donors (Lipinski definition) is 1. The van der Waals surface area contributed by atoms with E-state index in [-0.39, 0.29) is 0 Å². The molecule has 0 aliphatic carbocycles. The van der Waals surface area contributed by atoms with Crippen LogP contribution in [0.1, 0.15) is 23.9 Å². The van der Waals surface area contributed by atoms with Crippen molar-refractivity contribution in [2.75, 3.05) is 13.1 Å². The molecule has 1 aromatic carbocycles. The van der Waals surface area contributed by atoms with Gasteiger partial charge >= 0.3 is 0 Å². The van der Waals surface area contributed by atoms with Crippen molar-refractivity contribution in [1.82, 2.24) is 15.3 Å². The predicted molar refractivity (Wildman–Crippen MR) is 86.9 cm³/mol. The fraction of sp³-hybridized carbons (Fsp3) is 0.375. The van der Waals surface area contributed by atoms with Crippen LogP contribution in [-0.2, 0) is 6.42 Å². The smallest absolute Gasteiger partial charge is 0.160 e. The molecule has 0 fully saturated rings. The van der Waals surface area contributed by atoms with Crippen molar-refractivity contribution in [3.05, 3.63) is 45.7 Å². The van der Waals surface area contributed by atoms with E-state index in [1.807, 2.05) is 24.3 Å². The zero-order valence-corrected chi connectivity index (χ0v) is 13.8. The van der Waals surface area contributed by atoms with E-state index in [1.165, 1.54) is 5.56 Å². The average molecular weight is 334 g/mol. The molecule has 0 amide bonds. The van der Waals surface area contributed by atoms with Gasteiger partial charge in [-0.05, 0) is 45.0 Å². The minimum Gasteiger partial charge on any atom is -0.317 e. The van der Waals surface area contributed by atoms with Gasteiger partial charge in [-0.25, -0.2) is 9.97 Å². The summed E-state index contributed by atoms with van der Waals surface area (Å²) in [5.41, 5.74) is 4.43. The molecule has 20 heavy (non-hydrogen) atoms. The largest absolute Gasteiger partial charge is 0.317 e. The summed E-state index contributed by atoms with van der Waals surface area (Å²) in [6, 6.07) is 8.06. The van der Waals surface area contributed by atoms with Crippen LogP contribution in [0.5, 0.6) is 0 Å². The Morgan fingerprint density at radius 2 is 1.75 bits per heavy atom. The Morgan fingerprint density at radius 3 is 2.35 bits per heavy atom.